The standard InChI is InChI=1S/C10H13F6N3O/c11-9(12,13)2-1-8(7(17)20)3-5-19(18-8)6-4-10(14,15)16/h3,5,18H,1-2,4,6H2,(H2,17,20). The highest BCUT2D eigenvalue weighted by Crippen LogP contribution is 2.29. The van der Waals surface area contributed by atoms with Crippen LogP contribution in [0.15, 0.2) is 12.3 Å². The van der Waals surface area contributed by atoms with Crippen molar-refractivity contribution in [1.29, 1.82) is 0 Å². The van der Waals surface area contributed by atoms with Gasteiger partial charge in [-0.2, -0.15) is 26.3 Å². The molecule has 0 saturated carbocycles. The van der Waals surface area contributed by atoms with Gasteiger partial charge in [-0.25, -0.2) is 5.43 Å². The van der Waals surface area contributed by atoms with Gasteiger partial charge in [-0.1, -0.05) is 0 Å². The summed E-state index contributed by atoms with van der Waals surface area (Å²) in [6, 6.07) is 0. The van der Waals surface area contributed by atoms with Gasteiger partial charge in [-0.15, -0.1) is 0 Å². The first-order chi connectivity index (χ1) is 8.94. The van der Waals surface area contributed by atoms with Gasteiger partial charge in [-0.05, 0) is 12.5 Å². The largest absolute Gasteiger partial charge is 0.390 e. The Morgan fingerprint density at radius 3 is 2.15 bits per heavy atom. The van der Waals surface area contributed by atoms with Gasteiger partial charge in [0.2, 0.25) is 5.91 Å². The van der Waals surface area contributed by atoms with Crippen molar-refractivity contribution in [2.45, 2.75) is 37.2 Å². The van der Waals surface area contributed by atoms with E-state index in [0.29, 0.717) is 0 Å². The summed E-state index contributed by atoms with van der Waals surface area (Å²) in [6.07, 6.45) is -9.87. The average molecular weight is 305 g/mol. The lowest BCUT2D eigenvalue weighted by Crippen LogP contribution is -2.56. The predicted molar refractivity (Wildman–Crippen MR) is 56.9 cm³/mol. The van der Waals surface area contributed by atoms with E-state index in [2.05, 4.69) is 5.43 Å². The molecule has 1 amide bonds. The molecule has 4 nitrogen and oxygen atoms in total. The number of nitrogens with one attached hydrogen (secondary N) is 1. The van der Waals surface area contributed by atoms with Crippen molar-refractivity contribution in [2.75, 3.05) is 6.54 Å². The lowest BCUT2D eigenvalue weighted by molar-refractivity contribution is -0.143. The molecule has 1 heterocycles. The minimum absolute atomic E-state index is 0.527. The van der Waals surface area contributed by atoms with E-state index < -0.39 is 49.6 Å². The molecular formula is C10H13F6N3O. The fourth-order valence-corrected chi connectivity index (χ4v) is 1.66. The van der Waals surface area contributed by atoms with Crippen molar-refractivity contribution in [3.63, 3.8) is 0 Å². The highest BCUT2D eigenvalue weighted by Gasteiger charge is 2.42. The van der Waals surface area contributed by atoms with E-state index in [1.54, 1.807) is 0 Å². The Morgan fingerprint density at radius 2 is 1.70 bits per heavy atom. The van der Waals surface area contributed by atoms with E-state index >= 15 is 0 Å². The first-order valence-electron chi connectivity index (χ1n) is 5.61. The number of alkyl halides is 6. The van der Waals surface area contributed by atoms with Crippen LogP contribution >= 0.6 is 0 Å². The Balaban J connectivity index is 2.63. The number of amides is 1. The maximum atomic E-state index is 12.2. The minimum atomic E-state index is -4.49. The summed E-state index contributed by atoms with van der Waals surface area (Å²) in [5.41, 5.74) is 5.53. The number of rotatable bonds is 5. The third kappa shape index (κ3) is 4.91. The normalized spacial score (nSPS) is 23.4. The molecule has 20 heavy (non-hydrogen) atoms. The average Bonchev–Trinajstić information content (AvgIpc) is 2.67. The summed E-state index contributed by atoms with van der Waals surface area (Å²) < 4.78 is 72.7. The first kappa shape index (κ1) is 16.6. The number of hydrogen-bond acceptors (Lipinski definition) is 3. The van der Waals surface area contributed by atoms with Crippen LogP contribution in [-0.2, 0) is 4.79 Å². The molecule has 116 valence electrons. The SMILES string of the molecule is NC(=O)C1(CCC(F)(F)F)C=CN(CCC(F)(F)F)N1. The molecule has 0 saturated heterocycles. The van der Waals surface area contributed by atoms with E-state index in [9.17, 15) is 31.1 Å². The summed E-state index contributed by atoms with van der Waals surface area (Å²) >= 11 is 0. The number of nitrogens with two attached hydrogens (primary N) is 1. The molecule has 0 aromatic carbocycles. The molecule has 0 fully saturated rings. The maximum Gasteiger partial charge on any atom is 0.390 e. The number of halogens is 6. The minimum Gasteiger partial charge on any atom is -0.368 e. The molecule has 0 aromatic rings. The van der Waals surface area contributed by atoms with E-state index in [-0.39, 0.29) is 0 Å². The smallest absolute Gasteiger partial charge is 0.368 e. The number of carbonyl (C=O) groups is 1. The molecule has 1 aliphatic rings. The fraction of sp³-hybridized carbons (Fsp3) is 0.700. The third-order valence-electron chi connectivity index (χ3n) is 2.76. The summed E-state index contributed by atoms with van der Waals surface area (Å²) in [5.74, 6) is -1.08. The number of carbonyl (C=O) groups excluding carboxylic acids is 1. The second kappa shape index (κ2) is 5.51. The zero-order chi connectivity index (χ0) is 15.6. The number of hydrogen-bond donors (Lipinski definition) is 2. The van der Waals surface area contributed by atoms with E-state index in [1.165, 1.54) is 0 Å². The van der Waals surface area contributed by atoms with Gasteiger partial charge in [0.15, 0.2) is 0 Å². The topological polar surface area (TPSA) is 58.4 Å². The van der Waals surface area contributed by atoms with Gasteiger partial charge >= 0.3 is 12.4 Å². The van der Waals surface area contributed by atoms with Crippen LogP contribution in [0.4, 0.5) is 26.3 Å². The van der Waals surface area contributed by atoms with Gasteiger partial charge in [0, 0.05) is 19.2 Å². The monoisotopic (exact) mass is 305 g/mol. The molecule has 0 aromatic heterocycles. The lowest BCUT2D eigenvalue weighted by Gasteiger charge is -2.29. The van der Waals surface area contributed by atoms with Crippen LogP contribution in [0.25, 0.3) is 0 Å². The molecule has 3 N–H and O–H groups in total. The van der Waals surface area contributed by atoms with Gasteiger partial charge in [0.25, 0.3) is 0 Å². The highest BCUT2D eigenvalue weighted by atomic mass is 19.4. The second-order valence-electron chi connectivity index (χ2n) is 4.44. The molecular weight excluding hydrogens is 292 g/mol. The Labute approximate surface area is 110 Å². The van der Waals surface area contributed by atoms with Gasteiger partial charge in [-0.3, -0.25) is 4.79 Å². The van der Waals surface area contributed by atoms with Crippen molar-refractivity contribution in [2.24, 2.45) is 5.73 Å². The summed E-state index contributed by atoms with van der Waals surface area (Å²) in [7, 11) is 0. The van der Waals surface area contributed by atoms with Crippen LogP contribution in [0.5, 0.6) is 0 Å². The van der Waals surface area contributed by atoms with E-state index in [0.717, 1.165) is 17.3 Å². The van der Waals surface area contributed by atoms with Gasteiger partial charge < -0.3 is 10.7 Å². The molecule has 1 unspecified atom stereocenters. The highest BCUT2D eigenvalue weighted by molar-refractivity contribution is 5.87. The van der Waals surface area contributed by atoms with E-state index in [4.69, 9.17) is 5.73 Å². The van der Waals surface area contributed by atoms with Crippen LogP contribution in [0.1, 0.15) is 19.3 Å². The van der Waals surface area contributed by atoms with Crippen molar-refractivity contribution >= 4 is 5.91 Å². The molecule has 1 rings (SSSR count). The zero-order valence-electron chi connectivity index (χ0n) is 10.2. The number of primary amides is 1. The van der Waals surface area contributed by atoms with Crippen molar-refractivity contribution in [3.8, 4) is 0 Å². The van der Waals surface area contributed by atoms with E-state index in [1.807, 2.05) is 0 Å². The fourth-order valence-electron chi connectivity index (χ4n) is 1.66. The van der Waals surface area contributed by atoms with Gasteiger partial charge in [0.1, 0.15) is 5.54 Å². The molecule has 1 aliphatic heterocycles. The number of hydrazine groups is 1. The molecule has 0 radical (unpaired) electrons. The Hall–Kier alpha value is -1.45. The first-order valence-corrected chi connectivity index (χ1v) is 5.61. The molecule has 1 atom stereocenters. The number of nitrogens with zero attached hydrogens (tertiary/aromatic N) is 1. The lowest BCUT2D eigenvalue weighted by atomic mass is 9.94. The summed E-state index contributed by atoms with van der Waals surface area (Å²) in [6.45, 7) is -0.527. The predicted octanol–water partition coefficient (Wildman–Crippen LogP) is 1.84. The Kier molecular flexibility index (Phi) is 4.57. The maximum absolute atomic E-state index is 12.2. The summed E-state index contributed by atoms with van der Waals surface area (Å²) in [4.78, 5) is 11.3. The second-order valence-corrected chi connectivity index (χ2v) is 4.44. The van der Waals surface area contributed by atoms with Crippen molar-refractivity contribution in [1.82, 2.24) is 10.4 Å². The van der Waals surface area contributed by atoms with Gasteiger partial charge in [0.05, 0.1) is 6.42 Å². The quantitative estimate of drug-likeness (QED) is 0.762. The Morgan fingerprint density at radius 1 is 1.15 bits per heavy atom. The summed E-state index contributed by atoms with van der Waals surface area (Å²) in [5, 5.41) is 0.911. The Bertz CT molecular complexity index is 391. The molecule has 10 heteroatoms. The third-order valence-corrected chi connectivity index (χ3v) is 2.76. The van der Waals surface area contributed by atoms with Crippen LogP contribution in [0.2, 0.25) is 0 Å². The van der Waals surface area contributed by atoms with Crippen molar-refractivity contribution < 1.29 is 31.1 Å². The van der Waals surface area contributed by atoms with Crippen LogP contribution in [0.3, 0.4) is 0 Å². The zero-order valence-corrected chi connectivity index (χ0v) is 10.2. The molecule has 0 bridgehead atoms. The molecule has 0 aliphatic carbocycles. The van der Waals surface area contributed by atoms with Crippen LogP contribution in [-0.4, -0.2) is 35.4 Å². The van der Waals surface area contributed by atoms with Crippen LogP contribution in [0, 0.1) is 0 Å². The van der Waals surface area contributed by atoms with Crippen LogP contribution < -0.4 is 11.2 Å². The van der Waals surface area contributed by atoms with Crippen molar-refractivity contribution in [3.05, 3.63) is 12.3 Å². The molecule has 0 spiro atoms.